The zero-order valence-electron chi connectivity index (χ0n) is 13.3. The highest BCUT2D eigenvalue weighted by atomic mass is 15.1. The Hall–Kier alpha value is -1.32. The van der Waals surface area contributed by atoms with Crippen LogP contribution < -0.4 is 5.32 Å². The SMILES string of the molecule is CCN(CC)CCN[C@@H]1CCc2[nH]c3ccccc3c2C1. The maximum Gasteiger partial charge on any atom is 0.0458 e. The van der Waals surface area contributed by atoms with Crippen LogP contribution in [0.1, 0.15) is 31.5 Å². The maximum absolute atomic E-state index is 3.76. The van der Waals surface area contributed by atoms with E-state index in [1.165, 1.54) is 35.0 Å². The molecule has 0 spiro atoms. The Labute approximate surface area is 127 Å². The Kier molecular flexibility index (Phi) is 4.61. The van der Waals surface area contributed by atoms with Gasteiger partial charge in [0.15, 0.2) is 0 Å². The van der Waals surface area contributed by atoms with Crippen molar-refractivity contribution >= 4 is 10.9 Å². The number of rotatable bonds is 6. The molecule has 1 aliphatic carbocycles. The zero-order valence-corrected chi connectivity index (χ0v) is 13.3. The lowest BCUT2D eigenvalue weighted by Crippen LogP contribution is -2.39. The molecule has 0 radical (unpaired) electrons. The van der Waals surface area contributed by atoms with Gasteiger partial charge in [0.25, 0.3) is 0 Å². The molecule has 21 heavy (non-hydrogen) atoms. The summed E-state index contributed by atoms with van der Waals surface area (Å²) >= 11 is 0. The van der Waals surface area contributed by atoms with E-state index in [9.17, 15) is 0 Å². The van der Waals surface area contributed by atoms with E-state index in [2.05, 4.69) is 53.3 Å². The Bertz CT molecular complexity index is 583. The van der Waals surface area contributed by atoms with Crippen LogP contribution in [0.25, 0.3) is 10.9 Å². The smallest absolute Gasteiger partial charge is 0.0458 e. The number of likely N-dealkylation sites (N-methyl/N-ethyl adjacent to an activating group) is 1. The van der Waals surface area contributed by atoms with Gasteiger partial charge in [-0.15, -0.1) is 0 Å². The van der Waals surface area contributed by atoms with Crippen LogP contribution in [-0.2, 0) is 12.8 Å². The summed E-state index contributed by atoms with van der Waals surface area (Å²) in [6.07, 6.45) is 3.59. The van der Waals surface area contributed by atoms with Crippen LogP contribution in [0.3, 0.4) is 0 Å². The summed E-state index contributed by atoms with van der Waals surface area (Å²) in [5.74, 6) is 0. The summed E-state index contributed by atoms with van der Waals surface area (Å²) in [6.45, 7) is 9.03. The number of hydrogen-bond acceptors (Lipinski definition) is 2. The third-order valence-electron chi connectivity index (χ3n) is 4.85. The number of aromatic nitrogens is 1. The first-order valence-electron chi connectivity index (χ1n) is 8.36. The van der Waals surface area contributed by atoms with Gasteiger partial charge in [0.2, 0.25) is 0 Å². The van der Waals surface area contributed by atoms with Crippen LogP contribution in [-0.4, -0.2) is 42.1 Å². The van der Waals surface area contributed by atoms with E-state index in [1.807, 2.05) is 0 Å². The number of nitrogens with zero attached hydrogens (tertiary/aromatic N) is 1. The van der Waals surface area contributed by atoms with Crippen LogP contribution >= 0.6 is 0 Å². The first-order valence-corrected chi connectivity index (χ1v) is 8.36. The number of aromatic amines is 1. The van der Waals surface area contributed by atoms with Gasteiger partial charge in [0.1, 0.15) is 0 Å². The molecule has 1 heterocycles. The van der Waals surface area contributed by atoms with Gasteiger partial charge >= 0.3 is 0 Å². The summed E-state index contributed by atoms with van der Waals surface area (Å²) in [5, 5.41) is 5.18. The topological polar surface area (TPSA) is 31.1 Å². The largest absolute Gasteiger partial charge is 0.358 e. The third-order valence-corrected chi connectivity index (χ3v) is 4.85. The molecule has 0 unspecified atom stereocenters. The molecular formula is C18H27N3. The molecule has 0 aliphatic heterocycles. The summed E-state index contributed by atoms with van der Waals surface area (Å²) in [5.41, 5.74) is 4.29. The van der Waals surface area contributed by atoms with Crippen molar-refractivity contribution in [2.24, 2.45) is 0 Å². The van der Waals surface area contributed by atoms with Crippen molar-refractivity contribution < 1.29 is 0 Å². The maximum atomic E-state index is 3.76. The van der Waals surface area contributed by atoms with Crippen molar-refractivity contribution in [3.05, 3.63) is 35.5 Å². The molecule has 3 rings (SSSR count). The van der Waals surface area contributed by atoms with Crippen LogP contribution in [0.15, 0.2) is 24.3 Å². The standard InChI is InChI=1S/C18H27N3/c1-3-21(4-2)12-11-19-14-9-10-18-16(13-14)15-7-5-6-8-17(15)20-18/h5-8,14,19-20H,3-4,9-13H2,1-2H3/t14-/m1/s1. The van der Waals surface area contributed by atoms with Gasteiger partial charge in [-0.2, -0.15) is 0 Å². The monoisotopic (exact) mass is 285 g/mol. The third kappa shape index (κ3) is 3.14. The molecule has 114 valence electrons. The van der Waals surface area contributed by atoms with E-state index in [0.717, 1.165) is 32.6 Å². The summed E-state index contributed by atoms with van der Waals surface area (Å²) < 4.78 is 0. The van der Waals surface area contributed by atoms with Crippen molar-refractivity contribution in [1.29, 1.82) is 0 Å². The predicted molar refractivity (Wildman–Crippen MR) is 89.9 cm³/mol. The van der Waals surface area contributed by atoms with Gasteiger partial charge in [0.05, 0.1) is 0 Å². The molecule has 0 fully saturated rings. The number of benzene rings is 1. The molecule has 0 bridgehead atoms. The molecule has 0 saturated heterocycles. The fraction of sp³-hybridized carbons (Fsp3) is 0.556. The predicted octanol–water partition coefficient (Wildman–Crippen LogP) is 2.96. The van der Waals surface area contributed by atoms with Crippen molar-refractivity contribution in [2.45, 2.75) is 39.2 Å². The molecule has 1 aliphatic rings. The minimum atomic E-state index is 0.632. The van der Waals surface area contributed by atoms with Crippen molar-refractivity contribution in [3.8, 4) is 0 Å². The van der Waals surface area contributed by atoms with E-state index in [1.54, 1.807) is 0 Å². The van der Waals surface area contributed by atoms with Gasteiger partial charge in [0, 0.05) is 35.7 Å². The molecule has 3 nitrogen and oxygen atoms in total. The van der Waals surface area contributed by atoms with E-state index in [-0.39, 0.29) is 0 Å². The second-order valence-electron chi connectivity index (χ2n) is 6.05. The lowest BCUT2D eigenvalue weighted by molar-refractivity contribution is 0.293. The molecule has 0 amide bonds. The Morgan fingerprint density at radius 1 is 1.24 bits per heavy atom. The fourth-order valence-electron chi connectivity index (χ4n) is 3.51. The lowest BCUT2D eigenvalue weighted by Gasteiger charge is -2.25. The first-order chi connectivity index (χ1) is 10.3. The highest BCUT2D eigenvalue weighted by Crippen LogP contribution is 2.28. The van der Waals surface area contributed by atoms with Crippen LogP contribution in [0.4, 0.5) is 0 Å². The number of H-pyrrole nitrogens is 1. The molecule has 1 aromatic carbocycles. The normalized spacial score (nSPS) is 18.3. The average molecular weight is 285 g/mol. The number of para-hydroxylation sites is 1. The fourth-order valence-corrected chi connectivity index (χ4v) is 3.51. The lowest BCUT2D eigenvalue weighted by atomic mass is 9.91. The van der Waals surface area contributed by atoms with Crippen molar-refractivity contribution in [2.75, 3.05) is 26.2 Å². The average Bonchev–Trinajstić information content (AvgIpc) is 2.90. The van der Waals surface area contributed by atoms with Crippen LogP contribution in [0, 0.1) is 0 Å². The Balaban J connectivity index is 1.62. The number of aryl methyl sites for hydroxylation is 1. The van der Waals surface area contributed by atoms with E-state index in [0.29, 0.717) is 6.04 Å². The highest BCUT2D eigenvalue weighted by Gasteiger charge is 2.21. The minimum absolute atomic E-state index is 0.632. The highest BCUT2D eigenvalue weighted by molar-refractivity contribution is 5.84. The second-order valence-corrected chi connectivity index (χ2v) is 6.05. The number of hydrogen-bond donors (Lipinski definition) is 2. The van der Waals surface area contributed by atoms with Gasteiger partial charge < -0.3 is 15.2 Å². The van der Waals surface area contributed by atoms with Crippen molar-refractivity contribution in [1.82, 2.24) is 15.2 Å². The summed E-state index contributed by atoms with van der Waals surface area (Å²) in [6, 6.07) is 9.34. The van der Waals surface area contributed by atoms with Crippen LogP contribution in [0.2, 0.25) is 0 Å². The molecule has 2 aromatic rings. The molecule has 3 heteroatoms. The summed E-state index contributed by atoms with van der Waals surface area (Å²) in [4.78, 5) is 6.07. The Morgan fingerprint density at radius 2 is 2.05 bits per heavy atom. The molecule has 1 atom stereocenters. The second kappa shape index (κ2) is 6.63. The van der Waals surface area contributed by atoms with Crippen LogP contribution in [0.5, 0.6) is 0 Å². The molecular weight excluding hydrogens is 258 g/mol. The van der Waals surface area contributed by atoms with E-state index < -0.39 is 0 Å². The molecule has 0 saturated carbocycles. The molecule has 2 N–H and O–H groups in total. The first kappa shape index (κ1) is 14.6. The number of nitrogens with one attached hydrogen (secondary N) is 2. The van der Waals surface area contributed by atoms with E-state index >= 15 is 0 Å². The summed E-state index contributed by atoms with van der Waals surface area (Å²) in [7, 11) is 0. The van der Waals surface area contributed by atoms with Gasteiger partial charge in [-0.05, 0) is 44.0 Å². The van der Waals surface area contributed by atoms with E-state index in [4.69, 9.17) is 0 Å². The zero-order chi connectivity index (χ0) is 14.7. The number of fused-ring (bicyclic) bond motifs is 3. The van der Waals surface area contributed by atoms with Crippen molar-refractivity contribution in [3.63, 3.8) is 0 Å². The molecule has 1 aromatic heterocycles. The quantitative estimate of drug-likeness (QED) is 0.855. The van der Waals surface area contributed by atoms with Gasteiger partial charge in [-0.25, -0.2) is 0 Å². The van der Waals surface area contributed by atoms with Gasteiger partial charge in [-0.3, -0.25) is 0 Å². The Morgan fingerprint density at radius 3 is 2.86 bits per heavy atom. The minimum Gasteiger partial charge on any atom is -0.358 e. The van der Waals surface area contributed by atoms with Gasteiger partial charge in [-0.1, -0.05) is 32.0 Å².